The fourth-order valence-electron chi connectivity index (χ4n) is 5.24. The zero-order valence-corrected chi connectivity index (χ0v) is 26.6. The molecular weight excluding hydrogens is 538 g/mol. The van der Waals surface area contributed by atoms with Gasteiger partial charge in [0.15, 0.2) is 23.3 Å². The summed E-state index contributed by atoms with van der Waals surface area (Å²) in [5.41, 5.74) is 6.69. The first kappa shape index (κ1) is 32.1. The molecule has 2 atom stereocenters. The second kappa shape index (κ2) is 14.1. The van der Waals surface area contributed by atoms with Crippen LogP contribution in [-0.4, -0.2) is 43.7 Å². The van der Waals surface area contributed by atoms with Gasteiger partial charge in [-0.15, -0.1) is 0 Å². The minimum Gasteiger partial charge on any atom is -0.507 e. The van der Waals surface area contributed by atoms with Crippen LogP contribution < -0.4 is 4.74 Å². The van der Waals surface area contributed by atoms with Gasteiger partial charge in [-0.05, 0) is 70.7 Å². The zero-order valence-electron chi connectivity index (χ0n) is 26.6. The van der Waals surface area contributed by atoms with Crippen molar-refractivity contribution in [3.63, 3.8) is 0 Å². The Balaban J connectivity index is 1.63. The summed E-state index contributed by atoms with van der Waals surface area (Å²) in [5.74, 6) is 0.342. The van der Waals surface area contributed by atoms with Gasteiger partial charge in [-0.25, -0.2) is 15.0 Å². The summed E-state index contributed by atoms with van der Waals surface area (Å²) in [5, 5.41) is 22.0. The molecule has 0 saturated heterocycles. The highest BCUT2D eigenvalue weighted by Gasteiger charge is 2.26. The molecule has 7 nitrogen and oxygen atoms in total. The standard InChI is InChI=1S/C36H45N3O4/c1-8-10-11-12-27(9-2)43-36(7,41)22-42-28-15-18-31(32(40)21-28)35-38-33(29-16-13-23(3)19-25(29)5)37-34(39-35)30-17-14-24(4)20-26(30)6/h13-21,27,40-41H,8-12,22H2,1-7H3. The van der Waals surface area contributed by atoms with Crippen LogP contribution in [-0.2, 0) is 4.74 Å². The summed E-state index contributed by atoms with van der Waals surface area (Å²) in [7, 11) is 0. The predicted octanol–water partition coefficient (Wildman–Crippen LogP) is 8.27. The molecule has 0 spiro atoms. The lowest BCUT2D eigenvalue weighted by Gasteiger charge is -2.29. The molecule has 0 aliphatic rings. The number of aryl methyl sites for hydroxylation is 4. The first-order valence-electron chi connectivity index (χ1n) is 15.3. The summed E-state index contributed by atoms with van der Waals surface area (Å²) in [6.07, 6.45) is 5.02. The van der Waals surface area contributed by atoms with Crippen molar-refractivity contribution in [2.45, 2.75) is 92.5 Å². The minimum absolute atomic E-state index is 0.0339. The number of unbranched alkanes of at least 4 members (excludes halogenated alkanes) is 2. The van der Waals surface area contributed by atoms with Crippen LogP contribution >= 0.6 is 0 Å². The van der Waals surface area contributed by atoms with Crippen LogP contribution in [0, 0.1) is 27.7 Å². The van der Waals surface area contributed by atoms with Gasteiger partial charge in [-0.1, -0.05) is 80.6 Å². The third kappa shape index (κ3) is 8.39. The average Bonchev–Trinajstić information content (AvgIpc) is 2.95. The van der Waals surface area contributed by atoms with E-state index < -0.39 is 5.79 Å². The van der Waals surface area contributed by atoms with Crippen molar-refractivity contribution in [2.24, 2.45) is 0 Å². The fourth-order valence-corrected chi connectivity index (χ4v) is 5.24. The lowest BCUT2D eigenvalue weighted by Crippen LogP contribution is -2.39. The second-order valence-corrected chi connectivity index (χ2v) is 11.7. The number of rotatable bonds is 13. The highest BCUT2D eigenvalue weighted by atomic mass is 16.7. The number of aromatic nitrogens is 3. The molecule has 43 heavy (non-hydrogen) atoms. The third-order valence-electron chi connectivity index (χ3n) is 7.60. The number of ether oxygens (including phenoxy) is 2. The predicted molar refractivity (Wildman–Crippen MR) is 172 cm³/mol. The van der Waals surface area contributed by atoms with Crippen molar-refractivity contribution in [1.29, 1.82) is 0 Å². The lowest BCUT2D eigenvalue weighted by molar-refractivity contribution is -0.233. The molecule has 1 aromatic heterocycles. The first-order chi connectivity index (χ1) is 20.5. The maximum absolute atomic E-state index is 11.1. The van der Waals surface area contributed by atoms with Crippen molar-refractivity contribution >= 4 is 0 Å². The van der Waals surface area contributed by atoms with E-state index in [0.717, 1.165) is 65.5 Å². The monoisotopic (exact) mass is 583 g/mol. The number of phenols is 1. The van der Waals surface area contributed by atoms with Crippen LogP contribution in [0.4, 0.5) is 0 Å². The maximum Gasteiger partial charge on any atom is 0.197 e. The molecule has 2 unspecified atom stereocenters. The van der Waals surface area contributed by atoms with Crippen LogP contribution in [0.25, 0.3) is 34.2 Å². The van der Waals surface area contributed by atoms with E-state index in [0.29, 0.717) is 28.8 Å². The number of phenolic OH excluding ortho intramolecular Hbond substituents is 1. The minimum atomic E-state index is -1.46. The largest absolute Gasteiger partial charge is 0.507 e. The SMILES string of the molecule is CCCCCC(CC)OC(C)(O)COc1ccc(-c2nc(-c3ccc(C)cc3C)nc(-c3ccc(C)cc3C)n2)c(O)c1. The fraction of sp³-hybridized carbons (Fsp3) is 0.417. The Hall–Kier alpha value is -3.81. The van der Waals surface area contributed by atoms with Crippen LogP contribution in [0.3, 0.4) is 0 Å². The summed E-state index contributed by atoms with van der Waals surface area (Å²) in [4.78, 5) is 14.5. The Bertz CT molecular complexity index is 1480. The van der Waals surface area contributed by atoms with E-state index in [4.69, 9.17) is 24.4 Å². The highest BCUT2D eigenvalue weighted by molar-refractivity contribution is 5.72. The molecule has 4 aromatic rings. The molecule has 0 bridgehead atoms. The Morgan fingerprint density at radius 3 is 1.77 bits per heavy atom. The molecule has 7 heteroatoms. The van der Waals surface area contributed by atoms with Crippen molar-refractivity contribution in [1.82, 2.24) is 15.0 Å². The smallest absolute Gasteiger partial charge is 0.197 e. The first-order valence-corrected chi connectivity index (χ1v) is 15.3. The molecule has 4 rings (SSSR count). The van der Waals surface area contributed by atoms with E-state index in [1.807, 2.05) is 38.1 Å². The maximum atomic E-state index is 11.1. The Morgan fingerprint density at radius 1 is 0.744 bits per heavy atom. The van der Waals surface area contributed by atoms with Crippen LogP contribution in [0.15, 0.2) is 54.6 Å². The van der Waals surface area contributed by atoms with Crippen LogP contribution in [0.1, 0.15) is 75.1 Å². The number of hydrogen-bond acceptors (Lipinski definition) is 7. The van der Waals surface area contributed by atoms with Crippen molar-refractivity contribution in [2.75, 3.05) is 6.61 Å². The number of aliphatic hydroxyl groups is 1. The van der Waals surface area contributed by atoms with Gasteiger partial charge in [-0.3, -0.25) is 0 Å². The molecule has 3 aromatic carbocycles. The normalized spacial score (nSPS) is 13.5. The van der Waals surface area contributed by atoms with Crippen LogP contribution in [0.2, 0.25) is 0 Å². The Morgan fingerprint density at radius 2 is 1.28 bits per heavy atom. The molecule has 0 fully saturated rings. The topological polar surface area (TPSA) is 97.6 Å². The molecule has 0 aliphatic carbocycles. The van der Waals surface area contributed by atoms with Gasteiger partial charge in [0.1, 0.15) is 18.1 Å². The van der Waals surface area contributed by atoms with Gasteiger partial charge >= 0.3 is 0 Å². The average molecular weight is 584 g/mol. The molecule has 0 amide bonds. The number of hydrogen-bond donors (Lipinski definition) is 2. The Kier molecular flexibility index (Phi) is 10.5. The van der Waals surface area contributed by atoms with Gasteiger partial charge in [0, 0.05) is 17.2 Å². The summed E-state index contributed by atoms with van der Waals surface area (Å²) in [6, 6.07) is 17.3. The molecule has 1 heterocycles. The van der Waals surface area contributed by atoms with Crippen molar-refractivity contribution < 1.29 is 19.7 Å². The molecule has 0 saturated carbocycles. The van der Waals surface area contributed by atoms with Crippen molar-refractivity contribution in [3.8, 4) is 45.7 Å². The van der Waals surface area contributed by atoms with Crippen LogP contribution in [0.5, 0.6) is 11.5 Å². The van der Waals surface area contributed by atoms with Gasteiger partial charge in [0.05, 0.1) is 11.7 Å². The van der Waals surface area contributed by atoms with E-state index >= 15 is 0 Å². The van der Waals surface area contributed by atoms with Gasteiger partial charge in [0.2, 0.25) is 0 Å². The van der Waals surface area contributed by atoms with E-state index in [-0.39, 0.29) is 18.5 Å². The number of benzene rings is 3. The van der Waals surface area contributed by atoms with E-state index in [2.05, 4.69) is 39.8 Å². The van der Waals surface area contributed by atoms with Gasteiger partial charge < -0.3 is 19.7 Å². The molecule has 0 aliphatic heterocycles. The molecule has 2 N–H and O–H groups in total. The molecule has 0 radical (unpaired) electrons. The second-order valence-electron chi connectivity index (χ2n) is 11.7. The van der Waals surface area contributed by atoms with E-state index in [1.54, 1.807) is 19.1 Å². The number of aromatic hydroxyl groups is 1. The third-order valence-corrected chi connectivity index (χ3v) is 7.60. The summed E-state index contributed by atoms with van der Waals surface area (Å²) < 4.78 is 11.8. The molecular formula is C36H45N3O4. The van der Waals surface area contributed by atoms with E-state index in [1.165, 1.54) is 6.07 Å². The summed E-state index contributed by atoms with van der Waals surface area (Å²) >= 11 is 0. The lowest BCUT2D eigenvalue weighted by atomic mass is 10.0. The summed E-state index contributed by atoms with van der Waals surface area (Å²) in [6.45, 7) is 14.0. The number of nitrogens with zero attached hydrogens (tertiary/aromatic N) is 3. The quantitative estimate of drug-likeness (QED) is 0.121. The zero-order chi connectivity index (χ0) is 31.1. The van der Waals surface area contributed by atoms with E-state index in [9.17, 15) is 10.2 Å². The highest BCUT2D eigenvalue weighted by Crippen LogP contribution is 2.34. The van der Waals surface area contributed by atoms with Crippen molar-refractivity contribution in [3.05, 3.63) is 76.9 Å². The van der Waals surface area contributed by atoms with Gasteiger partial charge in [0.25, 0.3) is 0 Å². The Labute approximate surface area is 256 Å². The van der Waals surface area contributed by atoms with Gasteiger partial charge in [-0.2, -0.15) is 0 Å². The molecule has 228 valence electrons.